The van der Waals surface area contributed by atoms with E-state index in [0.717, 1.165) is 0 Å². The molecule has 0 aromatic heterocycles. The van der Waals surface area contributed by atoms with Crippen molar-refractivity contribution in [1.29, 1.82) is 0 Å². The van der Waals surface area contributed by atoms with Crippen LogP contribution in [-0.2, 0) is 9.59 Å². The van der Waals surface area contributed by atoms with Crippen molar-refractivity contribution >= 4 is 23.2 Å². The lowest BCUT2D eigenvalue weighted by Crippen LogP contribution is -2.28. The predicted molar refractivity (Wildman–Crippen MR) is 102 cm³/mol. The van der Waals surface area contributed by atoms with E-state index in [1.165, 1.54) is 44.4 Å². The van der Waals surface area contributed by atoms with Gasteiger partial charge in [0.15, 0.2) is 11.5 Å². The molecule has 0 bridgehead atoms. The highest BCUT2D eigenvalue weighted by Crippen LogP contribution is 2.40. The monoisotopic (exact) mass is 388 g/mol. The summed E-state index contributed by atoms with van der Waals surface area (Å²) in [7, 11) is 4.45. The molecule has 0 radical (unpaired) electrons. The number of benzene rings is 2. The van der Waals surface area contributed by atoms with Crippen molar-refractivity contribution in [2.75, 3.05) is 38.1 Å². The number of ether oxygens (including phenoxy) is 3. The minimum absolute atomic E-state index is 0.0484. The highest BCUT2D eigenvalue weighted by atomic mass is 19.1. The summed E-state index contributed by atoms with van der Waals surface area (Å²) in [6.45, 7) is 0.179. The molecule has 8 heteroatoms. The summed E-state index contributed by atoms with van der Waals surface area (Å²) < 4.78 is 29.3. The fourth-order valence-electron chi connectivity index (χ4n) is 3.17. The van der Waals surface area contributed by atoms with Gasteiger partial charge >= 0.3 is 0 Å². The highest BCUT2D eigenvalue weighted by molar-refractivity contribution is 6.03. The standard InChI is InChI=1S/C20H21FN2O5/c1-26-16-9-14(10-17(27-2)19(16)28-3)22-20(25)12-7-18(24)23(11-12)15-6-4-5-13(21)8-15/h4-6,8-10,12H,7,11H2,1-3H3,(H,22,25). The SMILES string of the molecule is COc1cc(NC(=O)C2CC(=O)N(c3cccc(F)c3)C2)cc(OC)c1OC. The first kappa shape index (κ1) is 19.5. The van der Waals surface area contributed by atoms with Crippen LogP contribution in [0.2, 0.25) is 0 Å². The van der Waals surface area contributed by atoms with Gasteiger partial charge in [-0.1, -0.05) is 6.07 Å². The maximum atomic E-state index is 13.4. The topological polar surface area (TPSA) is 77.1 Å². The minimum atomic E-state index is -0.560. The highest BCUT2D eigenvalue weighted by Gasteiger charge is 2.35. The molecule has 3 rings (SSSR count). The van der Waals surface area contributed by atoms with Gasteiger partial charge in [-0.2, -0.15) is 0 Å². The zero-order valence-corrected chi connectivity index (χ0v) is 15.8. The van der Waals surface area contributed by atoms with Gasteiger partial charge in [0.25, 0.3) is 0 Å². The van der Waals surface area contributed by atoms with Gasteiger partial charge in [0.05, 0.1) is 27.2 Å². The Balaban J connectivity index is 1.76. The third-order valence-electron chi connectivity index (χ3n) is 4.55. The molecule has 1 heterocycles. The summed E-state index contributed by atoms with van der Waals surface area (Å²) in [6.07, 6.45) is 0.0484. The first-order chi connectivity index (χ1) is 13.5. The molecule has 1 fully saturated rings. The van der Waals surface area contributed by atoms with E-state index < -0.39 is 11.7 Å². The molecule has 0 saturated carbocycles. The molecule has 7 nitrogen and oxygen atoms in total. The average Bonchev–Trinajstić information content (AvgIpc) is 3.09. The number of hydrogen-bond acceptors (Lipinski definition) is 5. The third-order valence-corrected chi connectivity index (χ3v) is 4.55. The third kappa shape index (κ3) is 3.85. The molecular weight excluding hydrogens is 367 g/mol. The number of carbonyl (C=O) groups is 2. The second-order valence-electron chi connectivity index (χ2n) is 6.29. The van der Waals surface area contributed by atoms with Gasteiger partial charge in [0.2, 0.25) is 17.6 Å². The Labute approximate surface area is 162 Å². The first-order valence-electron chi connectivity index (χ1n) is 8.63. The van der Waals surface area contributed by atoms with Gasteiger partial charge in [-0.25, -0.2) is 4.39 Å². The van der Waals surface area contributed by atoms with Crippen LogP contribution in [0.1, 0.15) is 6.42 Å². The Hall–Kier alpha value is -3.29. The van der Waals surface area contributed by atoms with Crippen molar-refractivity contribution in [2.24, 2.45) is 5.92 Å². The predicted octanol–water partition coefficient (Wildman–Crippen LogP) is 2.84. The summed E-state index contributed by atoms with van der Waals surface area (Å²) in [5, 5.41) is 2.78. The zero-order chi connectivity index (χ0) is 20.3. The second kappa shape index (κ2) is 8.16. The largest absolute Gasteiger partial charge is 0.493 e. The van der Waals surface area contributed by atoms with Gasteiger partial charge in [-0.05, 0) is 18.2 Å². The summed E-state index contributed by atoms with van der Waals surface area (Å²) in [5.74, 6) is -0.318. The molecule has 28 heavy (non-hydrogen) atoms. The number of carbonyl (C=O) groups excluding carboxylic acids is 2. The van der Waals surface area contributed by atoms with E-state index in [0.29, 0.717) is 28.6 Å². The van der Waals surface area contributed by atoms with Crippen molar-refractivity contribution in [1.82, 2.24) is 0 Å². The maximum absolute atomic E-state index is 13.4. The van der Waals surface area contributed by atoms with Crippen molar-refractivity contribution in [2.45, 2.75) is 6.42 Å². The number of rotatable bonds is 6. The molecule has 2 amide bonds. The van der Waals surface area contributed by atoms with Crippen LogP contribution >= 0.6 is 0 Å². The van der Waals surface area contributed by atoms with Gasteiger partial charge in [0.1, 0.15) is 5.82 Å². The summed E-state index contributed by atoms with van der Waals surface area (Å²) in [6, 6.07) is 8.97. The Morgan fingerprint density at radius 1 is 1.11 bits per heavy atom. The molecular formula is C20H21FN2O5. The van der Waals surface area contributed by atoms with Crippen LogP contribution in [0.25, 0.3) is 0 Å². The van der Waals surface area contributed by atoms with E-state index in [2.05, 4.69) is 5.32 Å². The van der Waals surface area contributed by atoms with Crippen molar-refractivity contribution in [3.05, 3.63) is 42.2 Å². The summed E-state index contributed by atoms with van der Waals surface area (Å²) in [5.41, 5.74) is 0.893. The van der Waals surface area contributed by atoms with Crippen molar-refractivity contribution < 1.29 is 28.2 Å². The average molecular weight is 388 g/mol. The lowest BCUT2D eigenvalue weighted by atomic mass is 10.1. The molecule has 1 saturated heterocycles. The number of amides is 2. The van der Waals surface area contributed by atoms with E-state index in [1.807, 2.05) is 0 Å². The zero-order valence-electron chi connectivity index (χ0n) is 15.8. The smallest absolute Gasteiger partial charge is 0.229 e. The number of anilines is 2. The van der Waals surface area contributed by atoms with Gasteiger partial charge in [-0.3, -0.25) is 9.59 Å². The fraction of sp³-hybridized carbons (Fsp3) is 0.300. The Bertz CT molecular complexity index is 877. The molecule has 0 spiro atoms. The van der Waals surface area contributed by atoms with Crippen LogP contribution in [0.15, 0.2) is 36.4 Å². The lowest BCUT2D eigenvalue weighted by Gasteiger charge is -2.17. The molecule has 1 aliphatic rings. The number of nitrogens with zero attached hydrogens (tertiary/aromatic N) is 1. The van der Waals surface area contributed by atoms with E-state index in [4.69, 9.17) is 14.2 Å². The van der Waals surface area contributed by atoms with Gasteiger partial charge < -0.3 is 24.4 Å². The molecule has 0 aliphatic carbocycles. The van der Waals surface area contributed by atoms with Crippen molar-refractivity contribution in [3.63, 3.8) is 0 Å². The van der Waals surface area contributed by atoms with Crippen molar-refractivity contribution in [3.8, 4) is 17.2 Å². The molecule has 2 aromatic rings. The quantitative estimate of drug-likeness (QED) is 0.824. The Kier molecular flexibility index (Phi) is 5.67. The number of halogens is 1. The van der Waals surface area contributed by atoms with Crippen LogP contribution < -0.4 is 24.4 Å². The second-order valence-corrected chi connectivity index (χ2v) is 6.29. The summed E-state index contributed by atoms with van der Waals surface area (Å²) in [4.78, 5) is 26.4. The van der Waals surface area contributed by atoms with E-state index in [9.17, 15) is 14.0 Å². The Morgan fingerprint density at radius 3 is 2.36 bits per heavy atom. The molecule has 1 N–H and O–H groups in total. The molecule has 148 valence electrons. The molecule has 1 aliphatic heterocycles. The van der Waals surface area contributed by atoms with Gasteiger partial charge in [0, 0.05) is 36.5 Å². The molecule has 1 unspecified atom stereocenters. The number of hydrogen-bond donors (Lipinski definition) is 1. The van der Waals surface area contributed by atoms with Crippen LogP contribution in [0.5, 0.6) is 17.2 Å². The minimum Gasteiger partial charge on any atom is -0.493 e. The molecule has 1 atom stereocenters. The molecule has 2 aromatic carbocycles. The fourth-order valence-corrected chi connectivity index (χ4v) is 3.17. The van der Waals surface area contributed by atoms with Crippen LogP contribution in [-0.4, -0.2) is 39.7 Å². The van der Waals surface area contributed by atoms with E-state index >= 15 is 0 Å². The van der Waals surface area contributed by atoms with E-state index in [1.54, 1.807) is 18.2 Å². The van der Waals surface area contributed by atoms with Crippen LogP contribution in [0, 0.1) is 11.7 Å². The normalized spacial score (nSPS) is 16.1. The van der Waals surface area contributed by atoms with Crippen LogP contribution in [0.3, 0.4) is 0 Å². The lowest BCUT2D eigenvalue weighted by molar-refractivity contribution is -0.122. The number of methoxy groups -OCH3 is 3. The first-order valence-corrected chi connectivity index (χ1v) is 8.63. The van der Waals surface area contributed by atoms with Gasteiger partial charge in [-0.15, -0.1) is 0 Å². The summed E-state index contributed by atoms with van der Waals surface area (Å²) >= 11 is 0. The maximum Gasteiger partial charge on any atom is 0.229 e. The number of nitrogens with one attached hydrogen (secondary N) is 1. The van der Waals surface area contributed by atoms with Crippen LogP contribution in [0.4, 0.5) is 15.8 Å². The van der Waals surface area contributed by atoms with E-state index in [-0.39, 0.29) is 24.8 Å². The Morgan fingerprint density at radius 2 is 1.79 bits per heavy atom.